The molecule has 1 unspecified atom stereocenters. The van der Waals surface area contributed by atoms with Gasteiger partial charge in [-0.2, -0.15) is 0 Å². The van der Waals surface area contributed by atoms with Gasteiger partial charge in [-0.3, -0.25) is 0 Å². The minimum Gasteiger partial charge on any atom is -0.347 e. The zero-order chi connectivity index (χ0) is 13.6. The fourth-order valence-electron chi connectivity index (χ4n) is 3.60. The molecule has 100 valence electrons. The van der Waals surface area contributed by atoms with Crippen LogP contribution in [-0.4, -0.2) is 4.57 Å². The van der Waals surface area contributed by atoms with E-state index in [1.807, 2.05) is 0 Å². The van der Waals surface area contributed by atoms with E-state index in [9.17, 15) is 0 Å². The lowest BCUT2D eigenvalue weighted by Crippen LogP contribution is -2.22. The summed E-state index contributed by atoms with van der Waals surface area (Å²) in [6.45, 7) is 6.93. The molecule has 0 radical (unpaired) electrons. The van der Waals surface area contributed by atoms with Crippen molar-refractivity contribution in [1.29, 1.82) is 0 Å². The van der Waals surface area contributed by atoms with Crippen molar-refractivity contribution in [3.63, 3.8) is 0 Å². The summed E-state index contributed by atoms with van der Waals surface area (Å²) in [5.74, 6) is 0.574. The molecule has 0 N–H and O–H groups in total. The van der Waals surface area contributed by atoms with E-state index in [1.54, 1.807) is 0 Å². The number of benzene rings is 1. The van der Waals surface area contributed by atoms with Crippen molar-refractivity contribution in [3.05, 3.63) is 47.7 Å². The maximum Gasteiger partial charge on any atom is 0.0483 e. The zero-order valence-electron chi connectivity index (χ0n) is 12.4. The highest BCUT2D eigenvalue weighted by molar-refractivity contribution is 5.87. The third-order valence-corrected chi connectivity index (χ3v) is 4.49. The molecule has 1 nitrogen and oxygen atoms in total. The Balaban J connectivity index is 2.34. The lowest BCUT2D eigenvalue weighted by molar-refractivity contribution is 0.583. The molecule has 0 spiro atoms. The molecule has 2 aromatic rings. The van der Waals surface area contributed by atoms with Crippen LogP contribution in [0.5, 0.6) is 0 Å². The van der Waals surface area contributed by atoms with E-state index in [1.165, 1.54) is 35.0 Å². The van der Waals surface area contributed by atoms with E-state index < -0.39 is 0 Å². The topological polar surface area (TPSA) is 4.93 Å². The Morgan fingerprint density at radius 2 is 1.95 bits per heavy atom. The Labute approximate surface area is 115 Å². The largest absolute Gasteiger partial charge is 0.347 e. The Hall–Kier alpha value is -1.50. The number of allylic oxidation sites excluding steroid dienone is 2. The number of nitrogens with zero attached hydrogens (tertiary/aromatic N) is 1. The summed E-state index contributed by atoms with van der Waals surface area (Å²) in [5, 5.41) is 1.43. The van der Waals surface area contributed by atoms with Crippen molar-refractivity contribution in [3.8, 4) is 0 Å². The monoisotopic (exact) mass is 253 g/mol. The second-order valence-electron chi connectivity index (χ2n) is 6.31. The molecule has 0 fully saturated rings. The predicted octanol–water partition coefficient (Wildman–Crippen LogP) is 4.91. The van der Waals surface area contributed by atoms with Gasteiger partial charge in [0.2, 0.25) is 0 Å². The first-order chi connectivity index (χ1) is 9.06. The fourth-order valence-corrected chi connectivity index (χ4v) is 3.60. The third kappa shape index (κ3) is 1.75. The third-order valence-electron chi connectivity index (χ3n) is 4.49. The summed E-state index contributed by atoms with van der Waals surface area (Å²) < 4.78 is 2.41. The Bertz CT molecular complexity index is 643. The average Bonchev–Trinajstić information content (AvgIpc) is 2.69. The molecule has 0 aliphatic heterocycles. The molecule has 1 heterocycles. The molecule has 0 saturated heterocycles. The standard InChI is InChI=1S/C18H23N/c1-5-8-13-11-12-18(2,3)16-14-9-6-7-10-15(14)19(4)17(13)16/h6-7,9-13H,5,8H2,1-4H3. The first-order valence-electron chi connectivity index (χ1n) is 7.33. The van der Waals surface area contributed by atoms with Crippen LogP contribution in [0.2, 0.25) is 0 Å². The van der Waals surface area contributed by atoms with Gasteiger partial charge >= 0.3 is 0 Å². The minimum atomic E-state index is 0.139. The maximum atomic E-state index is 2.42. The number of aromatic nitrogens is 1. The minimum absolute atomic E-state index is 0.139. The van der Waals surface area contributed by atoms with Gasteiger partial charge in [0.1, 0.15) is 0 Å². The highest BCUT2D eigenvalue weighted by atomic mass is 15.0. The van der Waals surface area contributed by atoms with Gasteiger partial charge in [0.15, 0.2) is 0 Å². The van der Waals surface area contributed by atoms with Crippen molar-refractivity contribution < 1.29 is 0 Å². The summed E-state index contributed by atoms with van der Waals surface area (Å²) in [6, 6.07) is 8.82. The second-order valence-corrected chi connectivity index (χ2v) is 6.31. The molecule has 0 saturated carbocycles. The number of para-hydroxylation sites is 1. The number of hydrogen-bond acceptors (Lipinski definition) is 0. The molecule has 19 heavy (non-hydrogen) atoms. The van der Waals surface area contributed by atoms with Crippen molar-refractivity contribution in [2.45, 2.75) is 44.9 Å². The van der Waals surface area contributed by atoms with E-state index >= 15 is 0 Å². The summed E-state index contributed by atoms with van der Waals surface area (Å²) >= 11 is 0. The van der Waals surface area contributed by atoms with Crippen LogP contribution in [0.25, 0.3) is 10.9 Å². The quantitative estimate of drug-likeness (QED) is 0.670. The summed E-state index contributed by atoms with van der Waals surface area (Å²) in [7, 11) is 2.22. The lowest BCUT2D eigenvalue weighted by Gasteiger charge is -2.30. The van der Waals surface area contributed by atoms with Crippen molar-refractivity contribution in [2.75, 3.05) is 0 Å². The van der Waals surface area contributed by atoms with E-state index in [0.717, 1.165) is 0 Å². The fraction of sp³-hybridized carbons (Fsp3) is 0.444. The van der Waals surface area contributed by atoms with Crippen LogP contribution in [0.4, 0.5) is 0 Å². The molecule has 1 atom stereocenters. The summed E-state index contributed by atoms with van der Waals surface area (Å²) in [6.07, 6.45) is 7.30. The van der Waals surface area contributed by atoms with Crippen molar-refractivity contribution >= 4 is 10.9 Å². The van der Waals surface area contributed by atoms with Crippen LogP contribution in [0.1, 0.15) is 50.8 Å². The molecular weight excluding hydrogens is 230 g/mol. The first kappa shape index (κ1) is 12.5. The van der Waals surface area contributed by atoms with Crippen molar-refractivity contribution in [2.24, 2.45) is 7.05 Å². The molecule has 1 aromatic carbocycles. The maximum absolute atomic E-state index is 2.42. The van der Waals surface area contributed by atoms with Crippen molar-refractivity contribution in [1.82, 2.24) is 4.57 Å². The van der Waals surface area contributed by atoms with E-state index in [2.05, 4.69) is 68.8 Å². The molecule has 1 aromatic heterocycles. The molecular formula is C18H23N. The van der Waals surface area contributed by atoms with E-state index in [-0.39, 0.29) is 5.41 Å². The molecule has 1 aliphatic rings. The Morgan fingerprint density at radius 1 is 1.21 bits per heavy atom. The van der Waals surface area contributed by atoms with Gasteiger partial charge in [-0.25, -0.2) is 0 Å². The molecule has 0 amide bonds. The van der Waals surface area contributed by atoms with Gasteiger partial charge in [-0.05, 0) is 18.1 Å². The number of aryl methyl sites for hydroxylation is 1. The van der Waals surface area contributed by atoms with Gasteiger partial charge in [0.05, 0.1) is 0 Å². The number of hydrogen-bond donors (Lipinski definition) is 0. The Kier molecular flexibility index (Phi) is 2.81. The highest BCUT2D eigenvalue weighted by Gasteiger charge is 2.33. The van der Waals surface area contributed by atoms with Crippen LogP contribution in [0, 0.1) is 0 Å². The van der Waals surface area contributed by atoms with Crippen LogP contribution in [0.3, 0.4) is 0 Å². The average molecular weight is 253 g/mol. The Morgan fingerprint density at radius 3 is 2.68 bits per heavy atom. The van der Waals surface area contributed by atoms with Gasteiger partial charge in [0.25, 0.3) is 0 Å². The second kappa shape index (κ2) is 4.26. The zero-order valence-corrected chi connectivity index (χ0v) is 12.4. The summed E-state index contributed by atoms with van der Waals surface area (Å²) in [5.41, 5.74) is 4.56. The molecule has 0 bridgehead atoms. The van der Waals surface area contributed by atoms with Crippen LogP contribution >= 0.6 is 0 Å². The van der Waals surface area contributed by atoms with Crippen LogP contribution < -0.4 is 0 Å². The van der Waals surface area contributed by atoms with E-state index in [0.29, 0.717) is 5.92 Å². The number of rotatable bonds is 2. The molecule has 3 rings (SSSR count). The SMILES string of the molecule is CCCC1C=CC(C)(C)c2c1n(C)c1ccccc21. The summed E-state index contributed by atoms with van der Waals surface area (Å²) in [4.78, 5) is 0. The number of fused-ring (bicyclic) bond motifs is 3. The molecule has 1 heteroatoms. The van der Waals surface area contributed by atoms with Gasteiger partial charge in [0, 0.05) is 35.0 Å². The van der Waals surface area contributed by atoms with Crippen LogP contribution in [-0.2, 0) is 12.5 Å². The molecule has 1 aliphatic carbocycles. The highest BCUT2D eigenvalue weighted by Crippen LogP contribution is 2.44. The van der Waals surface area contributed by atoms with Gasteiger partial charge < -0.3 is 4.57 Å². The predicted molar refractivity (Wildman–Crippen MR) is 82.7 cm³/mol. The first-order valence-corrected chi connectivity index (χ1v) is 7.33. The van der Waals surface area contributed by atoms with Gasteiger partial charge in [-0.1, -0.05) is 57.5 Å². The lowest BCUT2D eigenvalue weighted by atomic mass is 9.74. The normalized spacial score (nSPS) is 20.7. The van der Waals surface area contributed by atoms with E-state index in [4.69, 9.17) is 0 Å². The van der Waals surface area contributed by atoms with Gasteiger partial charge in [-0.15, -0.1) is 0 Å². The smallest absolute Gasteiger partial charge is 0.0483 e. The van der Waals surface area contributed by atoms with Crippen LogP contribution in [0.15, 0.2) is 36.4 Å².